The van der Waals surface area contributed by atoms with Crippen LogP contribution in [0.1, 0.15) is 18.9 Å². The summed E-state index contributed by atoms with van der Waals surface area (Å²) < 4.78 is 62.2. The van der Waals surface area contributed by atoms with Crippen molar-refractivity contribution in [2.45, 2.75) is 30.5 Å². The van der Waals surface area contributed by atoms with Gasteiger partial charge in [0.2, 0.25) is 10.0 Å². The van der Waals surface area contributed by atoms with Crippen LogP contribution in [0, 0.1) is 11.3 Å². The fourth-order valence-electron chi connectivity index (χ4n) is 1.51. The predicted octanol–water partition coefficient (Wildman–Crippen LogP) is 2.83. The molecular formula is C11H10ClF3N2O2S. The molecule has 0 saturated heterocycles. The van der Waals surface area contributed by atoms with Crippen molar-refractivity contribution in [1.82, 2.24) is 4.72 Å². The van der Waals surface area contributed by atoms with E-state index in [-0.39, 0.29) is 15.5 Å². The molecule has 0 bridgehead atoms. The largest absolute Gasteiger partial charge is 0.390 e. The van der Waals surface area contributed by atoms with Crippen molar-refractivity contribution in [1.29, 1.82) is 5.26 Å². The summed E-state index contributed by atoms with van der Waals surface area (Å²) in [7, 11) is -4.18. The highest BCUT2D eigenvalue weighted by molar-refractivity contribution is 7.89. The number of hydrogen-bond acceptors (Lipinski definition) is 3. The van der Waals surface area contributed by atoms with E-state index in [1.807, 2.05) is 4.72 Å². The second-order valence-corrected chi connectivity index (χ2v) is 6.19. The predicted molar refractivity (Wildman–Crippen MR) is 66.6 cm³/mol. The minimum absolute atomic E-state index is 0.150. The minimum Gasteiger partial charge on any atom is -0.208 e. The maximum Gasteiger partial charge on any atom is 0.390 e. The lowest BCUT2D eigenvalue weighted by Gasteiger charge is -2.16. The quantitative estimate of drug-likeness (QED) is 0.925. The third-order valence-electron chi connectivity index (χ3n) is 2.24. The molecule has 0 saturated carbocycles. The van der Waals surface area contributed by atoms with Crippen LogP contribution in [0.5, 0.6) is 0 Å². The van der Waals surface area contributed by atoms with E-state index in [2.05, 4.69) is 0 Å². The molecule has 0 aliphatic rings. The molecule has 0 heterocycles. The first-order valence-electron chi connectivity index (χ1n) is 5.34. The van der Waals surface area contributed by atoms with Gasteiger partial charge >= 0.3 is 6.18 Å². The summed E-state index contributed by atoms with van der Waals surface area (Å²) in [4.78, 5) is -0.368. The van der Waals surface area contributed by atoms with Gasteiger partial charge in [-0.15, -0.1) is 0 Å². The number of rotatable bonds is 4. The molecule has 0 fully saturated rings. The molecule has 1 rings (SSSR count). The number of nitrogens with zero attached hydrogens (tertiary/aromatic N) is 1. The van der Waals surface area contributed by atoms with Crippen LogP contribution < -0.4 is 4.72 Å². The number of halogens is 4. The number of hydrogen-bond donors (Lipinski definition) is 1. The van der Waals surface area contributed by atoms with Crippen LogP contribution in [-0.4, -0.2) is 20.6 Å². The zero-order valence-electron chi connectivity index (χ0n) is 10.2. The summed E-state index contributed by atoms with van der Waals surface area (Å²) in [6.45, 7) is 1.10. The average Bonchev–Trinajstić information content (AvgIpc) is 2.24. The Bertz CT molecular complexity index is 638. The van der Waals surface area contributed by atoms with E-state index in [4.69, 9.17) is 16.9 Å². The molecule has 1 aromatic carbocycles. The lowest BCUT2D eigenvalue weighted by Crippen LogP contribution is -2.36. The van der Waals surface area contributed by atoms with Gasteiger partial charge in [-0.3, -0.25) is 0 Å². The first kappa shape index (κ1) is 16.8. The Morgan fingerprint density at radius 1 is 1.45 bits per heavy atom. The van der Waals surface area contributed by atoms with Crippen molar-refractivity contribution < 1.29 is 21.6 Å². The van der Waals surface area contributed by atoms with E-state index in [0.717, 1.165) is 19.1 Å². The molecule has 0 radical (unpaired) electrons. The first-order chi connectivity index (χ1) is 9.05. The third-order valence-corrected chi connectivity index (χ3v) is 4.32. The van der Waals surface area contributed by atoms with Gasteiger partial charge in [-0.05, 0) is 25.1 Å². The van der Waals surface area contributed by atoms with E-state index in [9.17, 15) is 21.6 Å². The topological polar surface area (TPSA) is 70.0 Å². The fraction of sp³-hybridized carbons (Fsp3) is 0.364. The van der Waals surface area contributed by atoms with Gasteiger partial charge < -0.3 is 0 Å². The second kappa shape index (κ2) is 5.99. The Morgan fingerprint density at radius 2 is 2.05 bits per heavy atom. The van der Waals surface area contributed by atoms with E-state index in [0.29, 0.717) is 0 Å². The zero-order valence-corrected chi connectivity index (χ0v) is 11.8. The summed E-state index contributed by atoms with van der Waals surface area (Å²) in [6.07, 6.45) is -5.77. The molecule has 1 unspecified atom stereocenters. The van der Waals surface area contributed by atoms with Crippen LogP contribution in [-0.2, 0) is 10.0 Å². The summed E-state index contributed by atoms with van der Waals surface area (Å²) in [5.41, 5.74) is 0.150. The number of alkyl halides is 3. The van der Waals surface area contributed by atoms with Gasteiger partial charge in [-0.2, -0.15) is 18.4 Å². The monoisotopic (exact) mass is 326 g/mol. The number of sulfonamides is 1. The van der Waals surface area contributed by atoms with Gasteiger partial charge in [0.1, 0.15) is 4.90 Å². The first-order valence-corrected chi connectivity index (χ1v) is 7.20. The van der Waals surface area contributed by atoms with Crippen LogP contribution >= 0.6 is 11.6 Å². The fourth-order valence-corrected chi connectivity index (χ4v) is 3.29. The molecule has 0 aliphatic carbocycles. The van der Waals surface area contributed by atoms with Crippen molar-refractivity contribution in [2.24, 2.45) is 0 Å². The van der Waals surface area contributed by atoms with Gasteiger partial charge in [-0.25, -0.2) is 13.1 Å². The number of nitrogens with one attached hydrogen (secondary N) is 1. The third kappa shape index (κ3) is 4.67. The molecular weight excluding hydrogens is 317 g/mol. The molecule has 9 heteroatoms. The molecule has 1 aromatic rings. The van der Waals surface area contributed by atoms with Crippen molar-refractivity contribution in [2.75, 3.05) is 0 Å². The molecule has 0 amide bonds. The van der Waals surface area contributed by atoms with Gasteiger partial charge in [0, 0.05) is 6.04 Å². The van der Waals surface area contributed by atoms with E-state index in [1.54, 1.807) is 6.07 Å². The Hall–Kier alpha value is -1.30. The summed E-state index contributed by atoms with van der Waals surface area (Å²) in [5.74, 6) is 0. The Labute approximate surface area is 119 Å². The van der Waals surface area contributed by atoms with Crippen molar-refractivity contribution >= 4 is 21.6 Å². The lowest BCUT2D eigenvalue weighted by atomic mass is 10.2. The maximum absolute atomic E-state index is 12.2. The second-order valence-electron chi connectivity index (χ2n) is 4.10. The molecule has 0 spiro atoms. The molecule has 4 nitrogen and oxygen atoms in total. The highest BCUT2D eigenvalue weighted by Gasteiger charge is 2.32. The molecule has 1 atom stereocenters. The van der Waals surface area contributed by atoms with Crippen LogP contribution in [0.3, 0.4) is 0 Å². The van der Waals surface area contributed by atoms with Crippen molar-refractivity contribution in [3.8, 4) is 6.07 Å². The number of benzene rings is 1. The van der Waals surface area contributed by atoms with Crippen molar-refractivity contribution in [3.63, 3.8) is 0 Å². The van der Waals surface area contributed by atoms with Crippen LogP contribution in [0.4, 0.5) is 13.2 Å². The number of nitriles is 1. The molecule has 1 N–H and O–H groups in total. The lowest BCUT2D eigenvalue weighted by molar-refractivity contribution is -0.137. The van der Waals surface area contributed by atoms with Gasteiger partial charge in [0.25, 0.3) is 0 Å². The molecule has 110 valence electrons. The van der Waals surface area contributed by atoms with Gasteiger partial charge in [0.15, 0.2) is 0 Å². The summed E-state index contributed by atoms with van der Waals surface area (Å²) in [6, 6.07) is 3.86. The molecule has 20 heavy (non-hydrogen) atoms. The van der Waals surface area contributed by atoms with E-state index < -0.39 is 28.7 Å². The molecule has 0 aliphatic heterocycles. The highest BCUT2D eigenvalue weighted by atomic mass is 35.5. The Balaban J connectivity index is 2.98. The maximum atomic E-state index is 12.2. The summed E-state index contributed by atoms with van der Waals surface area (Å²) in [5, 5.41) is 8.40. The SMILES string of the molecule is CC(CC(F)(F)F)NS(=O)(=O)c1ccc(C#N)cc1Cl. The standard InChI is InChI=1S/C11H10ClF3N2O2S/c1-7(5-11(13,14)15)17-20(18,19)10-3-2-8(6-16)4-9(10)12/h2-4,7,17H,5H2,1H3. The summed E-state index contributed by atoms with van der Waals surface area (Å²) >= 11 is 5.72. The normalized spacial score (nSPS) is 13.8. The van der Waals surface area contributed by atoms with Crippen LogP contribution in [0.15, 0.2) is 23.1 Å². The molecule has 0 aromatic heterocycles. The van der Waals surface area contributed by atoms with E-state index >= 15 is 0 Å². The Kier molecular flexibility index (Phi) is 5.02. The highest BCUT2D eigenvalue weighted by Crippen LogP contribution is 2.25. The average molecular weight is 327 g/mol. The smallest absolute Gasteiger partial charge is 0.208 e. The Morgan fingerprint density at radius 3 is 2.50 bits per heavy atom. The van der Waals surface area contributed by atoms with Gasteiger partial charge in [-0.1, -0.05) is 11.6 Å². The van der Waals surface area contributed by atoms with Crippen LogP contribution in [0.2, 0.25) is 5.02 Å². The van der Waals surface area contributed by atoms with Crippen molar-refractivity contribution in [3.05, 3.63) is 28.8 Å². The minimum atomic E-state index is -4.48. The van der Waals surface area contributed by atoms with E-state index in [1.165, 1.54) is 6.07 Å². The van der Waals surface area contributed by atoms with Crippen LogP contribution in [0.25, 0.3) is 0 Å². The van der Waals surface area contributed by atoms with Gasteiger partial charge in [0.05, 0.1) is 23.1 Å². The zero-order chi connectivity index (χ0) is 15.6.